The number of hydrogen-bond acceptors (Lipinski definition) is 7. The maximum absolute atomic E-state index is 13.8. The smallest absolute Gasteiger partial charge is 0.248 e. The van der Waals surface area contributed by atoms with E-state index in [1.165, 1.54) is 45.3 Å². The molecule has 2 aromatic carbocycles. The van der Waals surface area contributed by atoms with E-state index in [9.17, 15) is 14.0 Å². The van der Waals surface area contributed by atoms with Crippen molar-refractivity contribution >= 4 is 23.2 Å². The van der Waals surface area contributed by atoms with E-state index in [1.807, 2.05) is 50.4 Å². The zero-order valence-electron chi connectivity index (χ0n) is 21.6. The summed E-state index contributed by atoms with van der Waals surface area (Å²) in [5.74, 6) is -0.0859. The van der Waals surface area contributed by atoms with Gasteiger partial charge in [-0.15, -0.1) is 21.5 Å². The minimum absolute atomic E-state index is 0.169. The first kappa shape index (κ1) is 26.9. The number of tetrazole rings is 1. The van der Waals surface area contributed by atoms with Crippen molar-refractivity contribution in [1.29, 1.82) is 0 Å². The molecule has 0 fully saturated rings. The van der Waals surface area contributed by atoms with Crippen LogP contribution >= 0.6 is 11.3 Å². The summed E-state index contributed by atoms with van der Waals surface area (Å²) in [4.78, 5) is 30.8. The normalized spacial score (nSPS) is 12.1. The van der Waals surface area contributed by atoms with Crippen molar-refractivity contribution in [3.8, 4) is 17.1 Å². The molecule has 38 heavy (non-hydrogen) atoms. The molecule has 11 heteroatoms. The topological polar surface area (TPSA) is 102 Å². The summed E-state index contributed by atoms with van der Waals surface area (Å²) in [6.07, 6.45) is 0. The van der Waals surface area contributed by atoms with Crippen LogP contribution in [0.1, 0.15) is 37.3 Å². The summed E-state index contributed by atoms with van der Waals surface area (Å²) in [5, 5.41) is 17.2. The van der Waals surface area contributed by atoms with E-state index in [2.05, 4.69) is 20.7 Å². The lowest BCUT2D eigenvalue weighted by Gasteiger charge is -2.33. The highest BCUT2D eigenvalue weighted by Crippen LogP contribution is 2.29. The average molecular weight is 537 g/mol. The Morgan fingerprint density at radius 2 is 1.82 bits per heavy atom. The minimum Gasteiger partial charge on any atom is -0.497 e. The lowest BCUT2D eigenvalue weighted by molar-refractivity contribution is -0.143. The predicted octanol–water partition coefficient (Wildman–Crippen LogP) is 4.23. The molecule has 4 aromatic rings. The zero-order valence-corrected chi connectivity index (χ0v) is 22.4. The van der Waals surface area contributed by atoms with Crippen LogP contribution in [0.5, 0.6) is 5.75 Å². The number of rotatable bonds is 9. The van der Waals surface area contributed by atoms with E-state index < -0.39 is 11.6 Å². The van der Waals surface area contributed by atoms with E-state index in [0.29, 0.717) is 11.3 Å². The molecule has 2 aromatic heterocycles. The molecular formula is C27H29FN6O3S. The number of amides is 2. The molecule has 2 heterocycles. The molecule has 0 spiro atoms. The summed E-state index contributed by atoms with van der Waals surface area (Å²) in [7, 11) is 1.58. The molecule has 0 unspecified atom stereocenters. The average Bonchev–Trinajstić information content (AvgIpc) is 3.56. The van der Waals surface area contributed by atoms with Gasteiger partial charge in [-0.05, 0) is 79.4 Å². The second-order valence-corrected chi connectivity index (χ2v) is 10.7. The Morgan fingerprint density at radius 1 is 1.11 bits per heavy atom. The van der Waals surface area contributed by atoms with Crippen LogP contribution in [0.4, 0.5) is 4.39 Å². The first-order chi connectivity index (χ1) is 18.1. The molecule has 0 saturated heterocycles. The molecule has 198 valence electrons. The number of carbonyl (C=O) groups is 2. The largest absolute Gasteiger partial charge is 0.497 e. The van der Waals surface area contributed by atoms with Crippen LogP contribution < -0.4 is 10.1 Å². The maximum atomic E-state index is 13.8. The van der Waals surface area contributed by atoms with E-state index >= 15 is 0 Å². The molecule has 0 aliphatic heterocycles. The van der Waals surface area contributed by atoms with Crippen LogP contribution in [0.15, 0.2) is 66.0 Å². The monoisotopic (exact) mass is 536 g/mol. The molecule has 0 saturated carbocycles. The Kier molecular flexibility index (Phi) is 8.16. The minimum atomic E-state index is -0.871. The van der Waals surface area contributed by atoms with Gasteiger partial charge < -0.3 is 15.0 Å². The number of carbonyl (C=O) groups excluding carboxylic acids is 2. The lowest BCUT2D eigenvalue weighted by Crippen LogP contribution is -2.49. The van der Waals surface area contributed by atoms with Gasteiger partial charge in [-0.3, -0.25) is 9.59 Å². The first-order valence-electron chi connectivity index (χ1n) is 11.9. The number of ether oxygens (including phenoxy) is 1. The van der Waals surface area contributed by atoms with Gasteiger partial charge in [-0.2, -0.15) is 4.80 Å². The van der Waals surface area contributed by atoms with Gasteiger partial charge in [0, 0.05) is 22.5 Å². The van der Waals surface area contributed by atoms with Gasteiger partial charge in [0.15, 0.2) is 0 Å². The second kappa shape index (κ2) is 11.5. The van der Waals surface area contributed by atoms with Crippen LogP contribution in [-0.4, -0.2) is 49.6 Å². The van der Waals surface area contributed by atoms with Gasteiger partial charge in [-0.25, -0.2) is 4.39 Å². The molecule has 9 nitrogen and oxygen atoms in total. The second-order valence-electron chi connectivity index (χ2n) is 9.68. The zero-order chi connectivity index (χ0) is 27.3. The van der Waals surface area contributed by atoms with Crippen molar-refractivity contribution < 1.29 is 18.7 Å². The highest BCUT2D eigenvalue weighted by atomic mass is 32.1. The first-order valence-corrected chi connectivity index (χ1v) is 12.8. The highest BCUT2D eigenvalue weighted by molar-refractivity contribution is 7.10. The third kappa shape index (κ3) is 6.80. The van der Waals surface area contributed by atoms with Crippen molar-refractivity contribution in [3.63, 3.8) is 0 Å². The molecule has 0 aliphatic rings. The number of halogens is 1. The van der Waals surface area contributed by atoms with Gasteiger partial charge in [-0.1, -0.05) is 18.2 Å². The predicted molar refractivity (Wildman–Crippen MR) is 142 cm³/mol. The molecule has 0 bridgehead atoms. The SMILES string of the molecule is COc1ccc(CN(C(=O)Cn2nnc(-c3ccc(F)cc3)n2)[C@@H](C(=O)NC(C)(C)C)c2cccs2)cc1. The van der Waals surface area contributed by atoms with E-state index in [-0.39, 0.29) is 36.5 Å². The van der Waals surface area contributed by atoms with Crippen molar-refractivity contribution in [2.45, 2.75) is 45.4 Å². The number of methoxy groups -OCH3 is 1. The summed E-state index contributed by atoms with van der Waals surface area (Å²) < 4.78 is 18.6. The van der Waals surface area contributed by atoms with Crippen molar-refractivity contribution in [2.75, 3.05) is 7.11 Å². The van der Waals surface area contributed by atoms with Crippen molar-refractivity contribution in [3.05, 3.63) is 82.3 Å². The molecule has 2 amide bonds. The lowest BCUT2D eigenvalue weighted by atomic mass is 10.1. The van der Waals surface area contributed by atoms with Crippen LogP contribution in [0.25, 0.3) is 11.4 Å². The van der Waals surface area contributed by atoms with Crippen molar-refractivity contribution in [1.82, 2.24) is 30.4 Å². The molecular weight excluding hydrogens is 507 g/mol. The number of nitrogens with zero attached hydrogens (tertiary/aromatic N) is 5. The van der Waals surface area contributed by atoms with Gasteiger partial charge in [0.05, 0.1) is 7.11 Å². The third-order valence-electron chi connectivity index (χ3n) is 5.54. The molecule has 1 N–H and O–H groups in total. The number of nitrogens with one attached hydrogen (secondary N) is 1. The highest BCUT2D eigenvalue weighted by Gasteiger charge is 2.34. The van der Waals surface area contributed by atoms with Gasteiger partial charge >= 0.3 is 0 Å². The summed E-state index contributed by atoms with van der Waals surface area (Å²) in [6.45, 7) is 5.60. The number of benzene rings is 2. The van der Waals surface area contributed by atoms with Crippen LogP contribution in [0.2, 0.25) is 0 Å². The van der Waals surface area contributed by atoms with Gasteiger partial charge in [0.2, 0.25) is 17.6 Å². The van der Waals surface area contributed by atoms with E-state index in [0.717, 1.165) is 10.4 Å². The quantitative estimate of drug-likeness (QED) is 0.343. The van der Waals surface area contributed by atoms with Crippen LogP contribution in [0.3, 0.4) is 0 Å². The fraction of sp³-hybridized carbons (Fsp3) is 0.296. The molecule has 1 atom stereocenters. The molecule has 0 radical (unpaired) electrons. The number of thiophene rings is 1. The summed E-state index contributed by atoms with van der Waals surface area (Å²) >= 11 is 1.40. The van der Waals surface area contributed by atoms with E-state index in [1.54, 1.807) is 19.2 Å². The molecule has 0 aliphatic carbocycles. The Labute approximate surface area is 224 Å². The Balaban J connectivity index is 1.65. The Bertz CT molecular complexity index is 1370. The fourth-order valence-electron chi connectivity index (χ4n) is 3.80. The Hall–Kier alpha value is -4.12. The van der Waals surface area contributed by atoms with E-state index in [4.69, 9.17) is 4.74 Å². The number of hydrogen-bond donors (Lipinski definition) is 1. The van der Waals surface area contributed by atoms with Gasteiger partial charge in [0.25, 0.3) is 0 Å². The van der Waals surface area contributed by atoms with Crippen LogP contribution in [0, 0.1) is 5.82 Å². The summed E-state index contributed by atoms with van der Waals surface area (Å²) in [6, 6.07) is 15.8. The van der Waals surface area contributed by atoms with Crippen molar-refractivity contribution in [2.24, 2.45) is 0 Å². The van der Waals surface area contributed by atoms with Gasteiger partial charge in [0.1, 0.15) is 24.2 Å². The Morgan fingerprint density at radius 3 is 2.42 bits per heavy atom. The number of aromatic nitrogens is 4. The molecule has 4 rings (SSSR count). The third-order valence-corrected chi connectivity index (χ3v) is 6.46. The maximum Gasteiger partial charge on any atom is 0.248 e. The van der Waals surface area contributed by atoms with Crippen LogP contribution in [-0.2, 0) is 22.7 Å². The fourth-order valence-corrected chi connectivity index (χ4v) is 4.63. The standard InChI is InChI=1S/C27H29FN6O3S/c1-27(2,3)29-26(36)24(22-6-5-15-38-22)33(16-18-7-13-21(37-4)14-8-18)23(35)17-34-31-25(30-32-34)19-9-11-20(28)12-10-19/h5-15,24H,16-17H2,1-4H3,(H,29,36)/t24-/m1/s1. The summed E-state index contributed by atoms with van der Waals surface area (Å²) in [5.41, 5.74) is 0.892.